The summed E-state index contributed by atoms with van der Waals surface area (Å²) in [6.07, 6.45) is 8.82. The van der Waals surface area contributed by atoms with Crippen molar-refractivity contribution in [3.8, 4) is 0 Å². The fraction of sp³-hybridized carbons (Fsp3) is 0.462. The van der Waals surface area contributed by atoms with Crippen molar-refractivity contribution >= 4 is 26.5 Å². The SMILES string of the molecule is C/C=C(\c1ncccc1C)S(=O)(=O)Nc1ccc(C(=O)N2CCC(O)(CC3CCC3)CC2)cc1. The zero-order chi connectivity index (χ0) is 24.3. The van der Waals surface area contributed by atoms with Crippen molar-refractivity contribution in [2.45, 2.75) is 58.0 Å². The summed E-state index contributed by atoms with van der Waals surface area (Å²) < 4.78 is 28.6. The molecule has 2 fully saturated rings. The van der Waals surface area contributed by atoms with E-state index in [1.807, 2.05) is 13.0 Å². The van der Waals surface area contributed by atoms with Crippen molar-refractivity contribution in [3.63, 3.8) is 0 Å². The van der Waals surface area contributed by atoms with E-state index in [0.29, 0.717) is 48.8 Å². The number of sulfonamides is 1. The highest BCUT2D eigenvalue weighted by Crippen LogP contribution is 2.38. The van der Waals surface area contributed by atoms with Gasteiger partial charge in [0, 0.05) is 30.5 Å². The maximum absolute atomic E-state index is 13.0. The van der Waals surface area contributed by atoms with Crippen LogP contribution in [0.5, 0.6) is 0 Å². The Morgan fingerprint density at radius 1 is 1.21 bits per heavy atom. The van der Waals surface area contributed by atoms with Gasteiger partial charge in [-0.05, 0) is 74.9 Å². The van der Waals surface area contributed by atoms with Gasteiger partial charge in [0.2, 0.25) is 0 Å². The van der Waals surface area contributed by atoms with E-state index in [9.17, 15) is 18.3 Å². The van der Waals surface area contributed by atoms with Gasteiger partial charge in [-0.1, -0.05) is 31.4 Å². The van der Waals surface area contributed by atoms with Crippen molar-refractivity contribution in [3.05, 3.63) is 65.5 Å². The van der Waals surface area contributed by atoms with Crippen LogP contribution in [0, 0.1) is 12.8 Å². The minimum absolute atomic E-state index is 0.0987. The van der Waals surface area contributed by atoms with E-state index < -0.39 is 15.6 Å². The molecule has 1 saturated heterocycles. The number of piperidine rings is 1. The van der Waals surface area contributed by atoms with Gasteiger partial charge in [0.25, 0.3) is 15.9 Å². The van der Waals surface area contributed by atoms with E-state index in [0.717, 1.165) is 12.0 Å². The van der Waals surface area contributed by atoms with Gasteiger partial charge in [-0.25, -0.2) is 8.42 Å². The lowest BCUT2D eigenvalue weighted by Crippen LogP contribution is -2.47. The van der Waals surface area contributed by atoms with Crippen molar-refractivity contribution in [2.24, 2.45) is 5.92 Å². The number of benzene rings is 1. The van der Waals surface area contributed by atoms with Gasteiger partial charge < -0.3 is 10.0 Å². The average Bonchev–Trinajstić information content (AvgIpc) is 2.78. The zero-order valence-electron chi connectivity index (χ0n) is 19.8. The van der Waals surface area contributed by atoms with E-state index >= 15 is 0 Å². The number of rotatable bonds is 7. The summed E-state index contributed by atoms with van der Waals surface area (Å²) in [5.74, 6) is 0.534. The number of hydrogen-bond donors (Lipinski definition) is 2. The number of aryl methyl sites for hydroxylation is 1. The molecular formula is C26H33N3O4S. The van der Waals surface area contributed by atoms with Gasteiger partial charge in [-0.15, -0.1) is 0 Å². The molecule has 2 aromatic rings. The summed E-state index contributed by atoms with van der Waals surface area (Å²) in [5.41, 5.74) is 1.40. The van der Waals surface area contributed by atoms with Crippen molar-refractivity contribution in [2.75, 3.05) is 17.8 Å². The molecule has 2 N–H and O–H groups in total. The molecule has 1 aliphatic heterocycles. The third kappa shape index (κ3) is 5.33. The predicted molar refractivity (Wildman–Crippen MR) is 134 cm³/mol. The lowest BCUT2D eigenvalue weighted by atomic mass is 9.74. The van der Waals surface area contributed by atoms with E-state index in [1.54, 1.807) is 48.4 Å². The smallest absolute Gasteiger partial charge is 0.263 e. The average molecular weight is 484 g/mol. The first kappa shape index (κ1) is 24.4. The first-order valence-electron chi connectivity index (χ1n) is 11.9. The maximum Gasteiger partial charge on any atom is 0.263 e. The summed E-state index contributed by atoms with van der Waals surface area (Å²) in [7, 11) is -3.85. The number of nitrogens with one attached hydrogen (secondary N) is 1. The largest absolute Gasteiger partial charge is 0.390 e. The highest BCUT2D eigenvalue weighted by molar-refractivity contribution is 8.01. The summed E-state index contributed by atoms with van der Waals surface area (Å²) in [6, 6.07) is 10.0. The molecule has 0 radical (unpaired) electrons. The van der Waals surface area contributed by atoms with E-state index in [1.165, 1.54) is 25.3 Å². The lowest BCUT2D eigenvalue weighted by molar-refractivity contribution is -0.0419. The second-order valence-corrected chi connectivity index (χ2v) is 11.2. The molecular weight excluding hydrogens is 450 g/mol. The molecule has 1 saturated carbocycles. The number of allylic oxidation sites excluding steroid dienone is 1. The Bertz CT molecular complexity index is 1160. The summed E-state index contributed by atoms with van der Waals surface area (Å²) in [4.78, 5) is 19.1. The number of likely N-dealkylation sites (tertiary alicyclic amines) is 1. The van der Waals surface area contributed by atoms with Crippen LogP contribution in [0.4, 0.5) is 5.69 Å². The van der Waals surface area contributed by atoms with Crippen molar-refractivity contribution in [1.82, 2.24) is 9.88 Å². The summed E-state index contributed by atoms with van der Waals surface area (Å²) >= 11 is 0. The van der Waals surface area contributed by atoms with Gasteiger partial charge in [0.1, 0.15) is 4.91 Å². The maximum atomic E-state index is 13.0. The van der Waals surface area contributed by atoms with Gasteiger partial charge in [-0.2, -0.15) is 0 Å². The second-order valence-electron chi connectivity index (χ2n) is 9.52. The topological polar surface area (TPSA) is 99.6 Å². The number of amides is 1. The molecule has 7 nitrogen and oxygen atoms in total. The third-order valence-corrected chi connectivity index (χ3v) is 8.57. The Labute approximate surface area is 202 Å². The second kappa shape index (κ2) is 9.88. The van der Waals surface area contributed by atoms with Gasteiger partial charge in [-0.3, -0.25) is 14.5 Å². The quantitative estimate of drug-likeness (QED) is 0.610. The summed E-state index contributed by atoms with van der Waals surface area (Å²) in [6.45, 7) is 4.54. The number of nitrogens with zero attached hydrogens (tertiary/aromatic N) is 2. The molecule has 1 aromatic carbocycles. The molecule has 0 spiro atoms. The molecule has 2 aliphatic rings. The third-order valence-electron chi connectivity index (χ3n) is 7.05. The van der Waals surface area contributed by atoms with Crippen LogP contribution < -0.4 is 4.72 Å². The number of carbonyl (C=O) groups excluding carboxylic acids is 1. The first-order chi connectivity index (χ1) is 16.2. The van der Waals surface area contributed by atoms with Crippen molar-refractivity contribution in [1.29, 1.82) is 0 Å². The molecule has 8 heteroatoms. The molecule has 182 valence electrons. The Hall–Kier alpha value is -2.71. The van der Waals surface area contributed by atoms with Crippen LogP contribution in [-0.4, -0.2) is 48.0 Å². The van der Waals surface area contributed by atoms with Crippen molar-refractivity contribution < 1.29 is 18.3 Å². The Kier molecular flexibility index (Phi) is 7.09. The van der Waals surface area contributed by atoms with Crippen LogP contribution in [-0.2, 0) is 10.0 Å². The Morgan fingerprint density at radius 2 is 1.88 bits per heavy atom. The summed E-state index contributed by atoms with van der Waals surface area (Å²) in [5, 5.41) is 10.9. The highest BCUT2D eigenvalue weighted by atomic mass is 32.2. The molecule has 0 bridgehead atoms. The molecule has 34 heavy (non-hydrogen) atoms. The fourth-order valence-electron chi connectivity index (χ4n) is 4.80. The van der Waals surface area contributed by atoms with Gasteiger partial charge >= 0.3 is 0 Å². The predicted octanol–water partition coefficient (Wildman–Crippen LogP) is 4.35. The molecule has 1 aromatic heterocycles. The zero-order valence-corrected chi connectivity index (χ0v) is 20.6. The lowest BCUT2D eigenvalue weighted by Gasteiger charge is -2.41. The molecule has 0 unspecified atom stereocenters. The molecule has 0 atom stereocenters. The molecule has 2 heterocycles. The van der Waals surface area contributed by atoms with Crippen LogP contribution in [0.1, 0.15) is 67.1 Å². The number of aromatic nitrogens is 1. The number of carbonyl (C=O) groups is 1. The fourth-order valence-corrected chi connectivity index (χ4v) is 6.14. The van der Waals surface area contributed by atoms with Crippen LogP contribution in [0.25, 0.3) is 4.91 Å². The number of anilines is 1. The highest BCUT2D eigenvalue weighted by Gasteiger charge is 2.37. The molecule has 4 rings (SSSR count). The van der Waals surface area contributed by atoms with E-state index in [2.05, 4.69) is 9.71 Å². The van der Waals surface area contributed by atoms with Crippen LogP contribution in [0.2, 0.25) is 0 Å². The standard InChI is InChI=1S/C26H33N3O4S/c1-3-23(24-19(2)6-5-15-27-24)34(32,33)28-22-11-9-21(10-12-22)25(30)29-16-13-26(31,14-17-29)18-20-7-4-8-20/h3,5-6,9-12,15,20,28,31H,4,7-8,13-14,16-18H2,1-2H3/b23-3+. The monoisotopic (exact) mass is 483 g/mol. The normalized spacial score (nSPS) is 18.9. The molecule has 1 aliphatic carbocycles. The Morgan fingerprint density at radius 3 is 2.44 bits per heavy atom. The van der Waals surface area contributed by atoms with E-state index in [4.69, 9.17) is 0 Å². The van der Waals surface area contributed by atoms with Gasteiger partial charge in [0.05, 0.1) is 11.3 Å². The first-order valence-corrected chi connectivity index (χ1v) is 13.4. The van der Waals surface area contributed by atoms with Gasteiger partial charge in [0.15, 0.2) is 0 Å². The number of aliphatic hydroxyl groups is 1. The number of pyridine rings is 1. The number of hydrogen-bond acceptors (Lipinski definition) is 5. The Balaban J connectivity index is 1.39. The minimum Gasteiger partial charge on any atom is -0.390 e. The van der Waals surface area contributed by atoms with Crippen LogP contribution >= 0.6 is 0 Å². The van der Waals surface area contributed by atoms with E-state index in [-0.39, 0.29) is 10.8 Å². The minimum atomic E-state index is -3.85. The van der Waals surface area contributed by atoms with Crippen LogP contribution in [0.3, 0.4) is 0 Å². The molecule has 1 amide bonds. The van der Waals surface area contributed by atoms with Crippen LogP contribution in [0.15, 0.2) is 48.7 Å².